The summed E-state index contributed by atoms with van der Waals surface area (Å²) in [4.78, 5) is 21.1. The molecular weight excluding hydrogens is 364 g/mol. The summed E-state index contributed by atoms with van der Waals surface area (Å²) in [5.74, 6) is 1.38. The van der Waals surface area contributed by atoms with Crippen molar-refractivity contribution in [2.45, 2.75) is 57.7 Å². The van der Waals surface area contributed by atoms with Crippen LogP contribution in [0.5, 0.6) is 0 Å². The Balaban J connectivity index is 1.52. The number of amides is 1. The molecule has 3 heterocycles. The number of halogens is 1. The van der Waals surface area contributed by atoms with Crippen molar-refractivity contribution in [2.75, 3.05) is 13.1 Å². The lowest BCUT2D eigenvalue weighted by Gasteiger charge is -2.36. The summed E-state index contributed by atoms with van der Waals surface area (Å²) in [7, 11) is 0. The molecule has 6 nitrogen and oxygen atoms in total. The van der Waals surface area contributed by atoms with Gasteiger partial charge in [0.2, 0.25) is 17.6 Å². The number of likely N-dealkylation sites (tertiary alicyclic amines) is 2. The first-order valence-corrected chi connectivity index (χ1v) is 10.0. The Bertz CT molecular complexity index is 807. The molecule has 7 heteroatoms. The number of hydrogen-bond donors (Lipinski definition) is 0. The number of aromatic nitrogens is 2. The van der Waals surface area contributed by atoms with Crippen molar-refractivity contribution in [3.05, 3.63) is 35.2 Å². The van der Waals surface area contributed by atoms with Crippen molar-refractivity contribution in [2.24, 2.45) is 0 Å². The van der Waals surface area contributed by atoms with E-state index in [1.54, 1.807) is 6.92 Å². The molecule has 1 aromatic carbocycles. The lowest BCUT2D eigenvalue weighted by Crippen LogP contribution is -2.48. The average Bonchev–Trinajstić information content (AvgIpc) is 3.40. The molecule has 0 unspecified atom stereocenters. The van der Waals surface area contributed by atoms with E-state index in [1.807, 2.05) is 29.2 Å². The molecule has 1 aromatic heterocycles. The Morgan fingerprint density at radius 1 is 1.19 bits per heavy atom. The highest BCUT2D eigenvalue weighted by Gasteiger charge is 2.41. The van der Waals surface area contributed by atoms with E-state index in [1.165, 1.54) is 0 Å². The van der Waals surface area contributed by atoms with Crippen LogP contribution in [0.15, 0.2) is 28.8 Å². The highest BCUT2D eigenvalue weighted by Crippen LogP contribution is 2.35. The second kappa shape index (κ2) is 7.60. The molecule has 4 rings (SSSR count). The van der Waals surface area contributed by atoms with Crippen molar-refractivity contribution in [1.82, 2.24) is 19.9 Å². The maximum absolute atomic E-state index is 12.0. The third-order valence-electron chi connectivity index (χ3n) is 5.89. The van der Waals surface area contributed by atoms with E-state index in [2.05, 4.69) is 22.0 Å². The highest BCUT2D eigenvalue weighted by molar-refractivity contribution is 6.30. The first-order chi connectivity index (χ1) is 13.0. The zero-order valence-electron chi connectivity index (χ0n) is 15.8. The topological polar surface area (TPSA) is 62.5 Å². The van der Waals surface area contributed by atoms with Gasteiger partial charge in [0.25, 0.3) is 0 Å². The summed E-state index contributed by atoms with van der Waals surface area (Å²) >= 11 is 5.95. The van der Waals surface area contributed by atoms with Gasteiger partial charge < -0.3 is 9.42 Å². The quantitative estimate of drug-likeness (QED) is 0.794. The van der Waals surface area contributed by atoms with Crippen LogP contribution in [0.4, 0.5) is 0 Å². The van der Waals surface area contributed by atoms with Crippen LogP contribution in [0, 0.1) is 0 Å². The van der Waals surface area contributed by atoms with Gasteiger partial charge in [0.15, 0.2) is 0 Å². The number of rotatable bonds is 4. The summed E-state index contributed by atoms with van der Waals surface area (Å²) in [5.41, 5.74) is 0.887. The van der Waals surface area contributed by atoms with E-state index in [-0.39, 0.29) is 11.9 Å². The van der Waals surface area contributed by atoms with E-state index in [9.17, 15) is 4.79 Å². The number of carbonyl (C=O) groups is 1. The number of nitrogens with zero attached hydrogens (tertiary/aromatic N) is 4. The fourth-order valence-electron chi connectivity index (χ4n) is 4.56. The molecule has 2 aliphatic heterocycles. The molecular formula is C20H25ClN4O2. The number of benzene rings is 1. The molecule has 0 saturated carbocycles. The van der Waals surface area contributed by atoms with E-state index in [0.717, 1.165) is 44.3 Å². The Labute approximate surface area is 164 Å². The maximum Gasteiger partial charge on any atom is 0.244 e. The van der Waals surface area contributed by atoms with Gasteiger partial charge in [-0.25, -0.2) is 0 Å². The minimum Gasteiger partial charge on any atom is -0.338 e. The first-order valence-electron chi connectivity index (χ1n) is 9.67. The predicted molar refractivity (Wildman–Crippen MR) is 103 cm³/mol. The molecule has 0 N–H and O–H groups in total. The summed E-state index contributed by atoms with van der Waals surface area (Å²) in [6, 6.07) is 8.11. The minimum absolute atomic E-state index is 0.0282. The van der Waals surface area contributed by atoms with Gasteiger partial charge >= 0.3 is 0 Å². The minimum atomic E-state index is 0.0282. The predicted octanol–water partition coefficient (Wildman–Crippen LogP) is 3.93. The summed E-state index contributed by atoms with van der Waals surface area (Å²) in [5, 5.41) is 4.84. The van der Waals surface area contributed by atoms with Gasteiger partial charge in [-0.15, -0.1) is 0 Å². The molecule has 0 aliphatic carbocycles. The normalized spacial score (nSPS) is 24.5. The summed E-state index contributed by atoms with van der Waals surface area (Å²) < 4.78 is 5.59. The van der Waals surface area contributed by atoms with Gasteiger partial charge in [-0.2, -0.15) is 4.98 Å². The van der Waals surface area contributed by atoms with Crippen LogP contribution in [-0.2, 0) is 4.79 Å². The fourth-order valence-corrected chi connectivity index (χ4v) is 4.68. The Kier molecular flexibility index (Phi) is 5.19. The van der Waals surface area contributed by atoms with Gasteiger partial charge in [-0.3, -0.25) is 9.69 Å². The molecule has 2 fully saturated rings. The largest absolute Gasteiger partial charge is 0.338 e. The van der Waals surface area contributed by atoms with E-state index in [4.69, 9.17) is 16.1 Å². The van der Waals surface area contributed by atoms with Crippen LogP contribution in [0.2, 0.25) is 5.02 Å². The van der Waals surface area contributed by atoms with Crippen molar-refractivity contribution < 1.29 is 9.32 Å². The van der Waals surface area contributed by atoms with Crippen LogP contribution < -0.4 is 0 Å². The standard InChI is InChI=1S/C20H25ClN4O2/c1-13(20-22-19(23-27-20)15-7-9-16(21)10-8-15)24-11-3-5-17(24)18-6-4-12-25(18)14(2)26/h7-10,13,17-18H,3-6,11-12H2,1-2H3/t13-,17+,18-/m1/s1. The molecule has 1 amide bonds. The lowest BCUT2D eigenvalue weighted by molar-refractivity contribution is -0.130. The third-order valence-corrected chi connectivity index (χ3v) is 6.14. The molecule has 144 valence electrons. The van der Waals surface area contributed by atoms with Crippen molar-refractivity contribution in [1.29, 1.82) is 0 Å². The van der Waals surface area contributed by atoms with Crippen molar-refractivity contribution in [3.8, 4) is 11.4 Å². The summed E-state index contributed by atoms with van der Waals surface area (Å²) in [6.45, 7) is 5.66. The van der Waals surface area contributed by atoms with E-state index < -0.39 is 0 Å². The van der Waals surface area contributed by atoms with Crippen molar-refractivity contribution >= 4 is 17.5 Å². The average molecular weight is 389 g/mol. The fraction of sp³-hybridized carbons (Fsp3) is 0.550. The lowest BCUT2D eigenvalue weighted by atomic mass is 10.0. The maximum atomic E-state index is 12.0. The molecule has 2 aliphatic rings. The molecule has 2 saturated heterocycles. The molecule has 0 radical (unpaired) electrons. The Morgan fingerprint density at radius 2 is 1.89 bits per heavy atom. The smallest absolute Gasteiger partial charge is 0.244 e. The third kappa shape index (κ3) is 3.60. The second-order valence-corrected chi connectivity index (χ2v) is 7.94. The number of hydrogen-bond acceptors (Lipinski definition) is 5. The Morgan fingerprint density at radius 3 is 2.63 bits per heavy atom. The van der Waals surface area contributed by atoms with E-state index in [0.29, 0.717) is 28.8 Å². The van der Waals surface area contributed by atoms with Gasteiger partial charge in [0.1, 0.15) is 0 Å². The molecule has 0 bridgehead atoms. The molecule has 2 aromatic rings. The van der Waals surface area contributed by atoms with Gasteiger partial charge in [0.05, 0.1) is 6.04 Å². The first kappa shape index (κ1) is 18.4. The summed E-state index contributed by atoms with van der Waals surface area (Å²) in [6.07, 6.45) is 4.41. The Hall–Kier alpha value is -1.92. The van der Waals surface area contributed by atoms with Gasteiger partial charge in [-0.05, 0) is 63.4 Å². The molecule has 3 atom stereocenters. The van der Waals surface area contributed by atoms with Gasteiger partial charge in [-0.1, -0.05) is 16.8 Å². The van der Waals surface area contributed by atoms with Crippen LogP contribution in [0.1, 0.15) is 51.5 Å². The monoisotopic (exact) mass is 388 g/mol. The molecule has 0 spiro atoms. The van der Waals surface area contributed by atoms with Crippen molar-refractivity contribution in [3.63, 3.8) is 0 Å². The van der Waals surface area contributed by atoms with Crippen LogP contribution in [0.25, 0.3) is 11.4 Å². The molecule has 27 heavy (non-hydrogen) atoms. The van der Waals surface area contributed by atoms with Crippen LogP contribution in [-0.4, -0.2) is 51.0 Å². The van der Waals surface area contributed by atoms with Gasteiger partial charge in [0, 0.05) is 36.1 Å². The van der Waals surface area contributed by atoms with E-state index >= 15 is 0 Å². The SMILES string of the molecule is CC(=O)N1CCC[C@@H]1[C@@H]1CCCN1[C@H](C)c1nc(-c2ccc(Cl)cc2)no1. The zero-order chi connectivity index (χ0) is 19.0. The zero-order valence-corrected chi connectivity index (χ0v) is 16.5. The second-order valence-electron chi connectivity index (χ2n) is 7.51. The number of carbonyl (C=O) groups excluding carboxylic acids is 1. The van der Waals surface area contributed by atoms with Crippen LogP contribution >= 0.6 is 11.6 Å². The van der Waals surface area contributed by atoms with Crippen LogP contribution in [0.3, 0.4) is 0 Å². The highest BCUT2D eigenvalue weighted by atomic mass is 35.5.